The summed E-state index contributed by atoms with van der Waals surface area (Å²) < 4.78 is 0. The van der Waals surface area contributed by atoms with Gasteiger partial charge in [-0.15, -0.1) is 0 Å². The second kappa shape index (κ2) is 7.07. The molecule has 0 unspecified atom stereocenters. The number of anilines is 1. The number of para-hydroxylation sites is 1. The molecule has 2 nitrogen and oxygen atoms in total. The monoisotopic (exact) mass is 280 g/mol. The Hall–Kier alpha value is -2.09. The summed E-state index contributed by atoms with van der Waals surface area (Å²) in [4.78, 5) is 6.87. The molecular formula is C19H24N2. The second-order valence-corrected chi connectivity index (χ2v) is 6.18. The molecule has 0 N–H and O–H groups in total. The van der Waals surface area contributed by atoms with Crippen LogP contribution in [0.1, 0.15) is 26.3 Å². The minimum absolute atomic E-state index is 0.0558. The average Bonchev–Trinajstić information content (AvgIpc) is 2.48. The summed E-state index contributed by atoms with van der Waals surface area (Å²) in [5, 5.41) is 0. The van der Waals surface area contributed by atoms with Crippen molar-refractivity contribution in [1.29, 1.82) is 0 Å². The lowest BCUT2D eigenvalue weighted by atomic mass is 10.1. The van der Waals surface area contributed by atoms with Crippen LogP contribution in [0, 0.1) is 0 Å². The van der Waals surface area contributed by atoms with Crippen molar-refractivity contribution in [2.24, 2.45) is 4.99 Å². The Morgan fingerprint density at radius 2 is 1.48 bits per heavy atom. The van der Waals surface area contributed by atoms with Crippen molar-refractivity contribution in [2.75, 3.05) is 11.4 Å². The molecule has 0 saturated carbocycles. The van der Waals surface area contributed by atoms with Crippen molar-refractivity contribution in [3.8, 4) is 0 Å². The van der Waals surface area contributed by atoms with E-state index in [0.29, 0.717) is 0 Å². The van der Waals surface area contributed by atoms with Gasteiger partial charge in [-0.3, -0.25) is 4.99 Å². The molecule has 0 spiro atoms. The zero-order chi connectivity index (χ0) is 15.1. The molecule has 2 aromatic rings. The van der Waals surface area contributed by atoms with Crippen molar-refractivity contribution in [3.05, 3.63) is 66.2 Å². The van der Waals surface area contributed by atoms with Crippen molar-refractivity contribution in [3.63, 3.8) is 0 Å². The van der Waals surface area contributed by atoms with Crippen molar-refractivity contribution >= 4 is 12.0 Å². The number of hydrogen-bond donors (Lipinski definition) is 0. The summed E-state index contributed by atoms with van der Waals surface area (Å²) in [6.45, 7) is 7.27. The van der Waals surface area contributed by atoms with E-state index in [9.17, 15) is 0 Å². The average molecular weight is 280 g/mol. The van der Waals surface area contributed by atoms with Gasteiger partial charge in [0.1, 0.15) is 0 Å². The van der Waals surface area contributed by atoms with E-state index < -0.39 is 0 Å². The number of benzene rings is 2. The summed E-state index contributed by atoms with van der Waals surface area (Å²) in [6.07, 6.45) is 2.98. The van der Waals surface area contributed by atoms with Crippen molar-refractivity contribution in [1.82, 2.24) is 0 Å². The smallest absolute Gasteiger partial charge is 0.0900 e. The quantitative estimate of drug-likeness (QED) is 0.579. The fourth-order valence-corrected chi connectivity index (χ4v) is 2.01. The maximum absolute atomic E-state index is 4.65. The zero-order valence-corrected chi connectivity index (χ0v) is 13.2. The predicted octanol–water partition coefficient (Wildman–Crippen LogP) is 4.56. The molecule has 0 aromatic heterocycles. The first kappa shape index (κ1) is 15.3. The van der Waals surface area contributed by atoms with E-state index in [1.54, 1.807) is 0 Å². The summed E-state index contributed by atoms with van der Waals surface area (Å²) in [6, 6.07) is 21.0. The highest BCUT2D eigenvalue weighted by Gasteiger charge is 2.08. The van der Waals surface area contributed by atoms with Gasteiger partial charge in [-0.25, -0.2) is 0 Å². The Balaban J connectivity index is 2.11. The van der Waals surface area contributed by atoms with Crippen molar-refractivity contribution in [2.45, 2.75) is 32.7 Å². The van der Waals surface area contributed by atoms with Crippen LogP contribution in [0.5, 0.6) is 0 Å². The fraction of sp³-hybridized carbons (Fsp3) is 0.316. The summed E-state index contributed by atoms with van der Waals surface area (Å²) in [5.41, 5.74) is 2.48. The maximum atomic E-state index is 4.65. The molecule has 0 aliphatic rings. The van der Waals surface area contributed by atoms with Crippen LogP contribution >= 0.6 is 0 Å². The van der Waals surface area contributed by atoms with E-state index in [2.05, 4.69) is 85.3 Å². The van der Waals surface area contributed by atoms with Crippen LogP contribution in [-0.4, -0.2) is 18.4 Å². The summed E-state index contributed by atoms with van der Waals surface area (Å²) in [7, 11) is 0. The molecule has 110 valence electrons. The molecule has 0 amide bonds. The Morgan fingerprint density at radius 3 is 2.05 bits per heavy atom. The van der Waals surface area contributed by atoms with Crippen molar-refractivity contribution < 1.29 is 0 Å². The number of aliphatic imine (C=N–C) groups is 1. The van der Waals surface area contributed by atoms with Gasteiger partial charge in [-0.2, -0.15) is 0 Å². The highest BCUT2D eigenvalue weighted by atomic mass is 15.2. The zero-order valence-electron chi connectivity index (χ0n) is 13.2. The van der Waals surface area contributed by atoms with E-state index in [1.807, 2.05) is 12.4 Å². The van der Waals surface area contributed by atoms with Gasteiger partial charge < -0.3 is 4.90 Å². The third-order valence-electron chi connectivity index (χ3n) is 3.16. The molecule has 0 aliphatic carbocycles. The lowest BCUT2D eigenvalue weighted by Gasteiger charge is -2.22. The summed E-state index contributed by atoms with van der Waals surface area (Å²) in [5.74, 6) is 0. The van der Waals surface area contributed by atoms with Crippen LogP contribution in [0.3, 0.4) is 0 Å². The summed E-state index contributed by atoms with van der Waals surface area (Å²) >= 11 is 0. The third-order valence-corrected chi connectivity index (χ3v) is 3.16. The maximum Gasteiger partial charge on any atom is 0.0900 e. The molecule has 0 fully saturated rings. The molecule has 21 heavy (non-hydrogen) atoms. The van der Waals surface area contributed by atoms with Gasteiger partial charge in [0, 0.05) is 12.2 Å². The number of rotatable bonds is 5. The normalized spacial score (nSPS) is 11.8. The molecule has 0 aliphatic heterocycles. The number of nitrogens with zero attached hydrogens (tertiary/aromatic N) is 2. The van der Waals surface area contributed by atoms with Gasteiger partial charge in [0.25, 0.3) is 0 Å². The molecule has 2 rings (SSSR count). The Labute approximate surface area is 128 Å². The molecule has 2 heteroatoms. The van der Waals surface area contributed by atoms with Crippen LogP contribution in [0.2, 0.25) is 0 Å². The van der Waals surface area contributed by atoms with Gasteiger partial charge in [0.05, 0.1) is 11.9 Å². The Bertz CT molecular complexity index is 553. The van der Waals surface area contributed by atoms with Crippen LogP contribution in [0.4, 0.5) is 5.69 Å². The van der Waals surface area contributed by atoms with Gasteiger partial charge in [-0.05, 0) is 44.9 Å². The van der Waals surface area contributed by atoms with E-state index in [1.165, 1.54) is 11.3 Å². The van der Waals surface area contributed by atoms with Gasteiger partial charge >= 0.3 is 0 Å². The first-order chi connectivity index (χ1) is 10.0. The van der Waals surface area contributed by atoms with Gasteiger partial charge in [-0.1, -0.05) is 48.5 Å². The largest absolute Gasteiger partial charge is 0.332 e. The highest BCUT2D eigenvalue weighted by molar-refractivity contribution is 5.79. The van der Waals surface area contributed by atoms with Gasteiger partial charge in [0.2, 0.25) is 0 Å². The lowest BCUT2D eigenvalue weighted by Crippen LogP contribution is -2.26. The first-order valence-corrected chi connectivity index (χ1v) is 7.45. The van der Waals surface area contributed by atoms with Crippen LogP contribution in [-0.2, 0) is 6.42 Å². The van der Waals surface area contributed by atoms with Gasteiger partial charge in [0.15, 0.2) is 0 Å². The standard InChI is InChI=1S/C19H24N2/c1-19(2,3)20-16-21(18-12-8-5-9-13-18)15-14-17-10-6-4-7-11-17/h4-13,16H,14-15H2,1-3H3/b20-16-. The second-order valence-electron chi connectivity index (χ2n) is 6.18. The number of hydrogen-bond acceptors (Lipinski definition) is 1. The SMILES string of the molecule is CC(C)(C)/N=C\N(CCc1ccccc1)c1ccccc1. The minimum atomic E-state index is -0.0558. The molecule has 0 atom stereocenters. The lowest BCUT2D eigenvalue weighted by molar-refractivity contribution is 0.584. The minimum Gasteiger partial charge on any atom is -0.332 e. The molecule has 2 aromatic carbocycles. The third kappa shape index (κ3) is 5.42. The Kier molecular flexibility index (Phi) is 5.15. The predicted molar refractivity (Wildman–Crippen MR) is 92.2 cm³/mol. The highest BCUT2D eigenvalue weighted by Crippen LogP contribution is 2.14. The molecular weight excluding hydrogens is 256 g/mol. The molecule has 0 radical (unpaired) electrons. The van der Waals surface area contributed by atoms with E-state index in [4.69, 9.17) is 0 Å². The Morgan fingerprint density at radius 1 is 0.905 bits per heavy atom. The first-order valence-electron chi connectivity index (χ1n) is 7.45. The van der Waals surface area contributed by atoms with E-state index >= 15 is 0 Å². The van der Waals surface area contributed by atoms with Crippen LogP contribution < -0.4 is 4.90 Å². The topological polar surface area (TPSA) is 15.6 Å². The van der Waals surface area contributed by atoms with E-state index in [-0.39, 0.29) is 5.54 Å². The molecule has 0 bridgehead atoms. The van der Waals surface area contributed by atoms with E-state index in [0.717, 1.165) is 13.0 Å². The molecule has 0 heterocycles. The molecule has 0 saturated heterocycles. The fourth-order valence-electron chi connectivity index (χ4n) is 2.01. The van der Waals surface area contributed by atoms with Crippen LogP contribution in [0.15, 0.2) is 65.7 Å². The van der Waals surface area contributed by atoms with Crippen LogP contribution in [0.25, 0.3) is 0 Å².